The van der Waals surface area contributed by atoms with E-state index < -0.39 is 11.6 Å². The van der Waals surface area contributed by atoms with Gasteiger partial charge < -0.3 is 10.4 Å². The third-order valence-electron chi connectivity index (χ3n) is 2.99. The van der Waals surface area contributed by atoms with Crippen LogP contribution in [0, 0.1) is 0 Å². The summed E-state index contributed by atoms with van der Waals surface area (Å²) in [5.41, 5.74) is 0.428. The Morgan fingerprint density at radius 3 is 2.32 bits per heavy atom. The first-order valence-electron chi connectivity index (χ1n) is 6.78. The Morgan fingerprint density at radius 2 is 1.77 bits per heavy atom. The normalized spacial score (nSPS) is 11.0. The molecule has 22 heavy (non-hydrogen) atoms. The highest BCUT2D eigenvalue weighted by Crippen LogP contribution is 2.32. The fourth-order valence-corrected chi connectivity index (χ4v) is 2.88. The summed E-state index contributed by atoms with van der Waals surface area (Å²) in [5, 5.41) is 14.0. The van der Waals surface area contributed by atoms with E-state index in [4.69, 9.17) is 0 Å². The van der Waals surface area contributed by atoms with E-state index in [1.807, 2.05) is 18.2 Å². The summed E-state index contributed by atoms with van der Waals surface area (Å²) in [5.74, 6) is -0.313. The summed E-state index contributed by atoms with van der Waals surface area (Å²) in [6, 6.07) is 10.7. The van der Waals surface area contributed by atoms with E-state index in [2.05, 4.69) is 5.32 Å². The summed E-state index contributed by atoms with van der Waals surface area (Å²) >= 11 is 1.22. The van der Waals surface area contributed by atoms with Crippen LogP contribution in [0.4, 0.5) is 16.2 Å². The molecule has 0 atom stereocenters. The van der Waals surface area contributed by atoms with Crippen molar-refractivity contribution in [2.45, 2.75) is 26.3 Å². The van der Waals surface area contributed by atoms with Crippen molar-refractivity contribution in [3.8, 4) is 0 Å². The maximum absolute atomic E-state index is 12.4. The number of benzene rings is 1. The molecule has 0 saturated heterocycles. The van der Waals surface area contributed by atoms with Gasteiger partial charge in [0.1, 0.15) is 4.88 Å². The summed E-state index contributed by atoms with van der Waals surface area (Å²) in [4.78, 5) is 25.6. The number of carbonyl (C=O) groups excluding carboxylic acids is 1. The van der Waals surface area contributed by atoms with Crippen molar-refractivity contribution >= 4 is 34.7 Å². The molecule has 1 heterocycles. The topological polar surface area (TPSA) is 69.6 Å². The Labute approximate surface area is 133 Å². The molecule has 5 nitrogen and oxygen atoms in total. The van der Waals surface area contributed by atoms with Crippen LogP contribution < -0.4 is 10.2 Å². The Kier molecular flexibility index (Phi) is 4.51. The molecule has 2 N–H and O–H groups in total. The van der Waals surface area contributed by atoms with E-state index in [9.17, 15) is 14.7 Å². The summed E-state index contributed by atoms with van der Waals surface area (Å²) < 4.78 is 0. The van der Waals surface area contributed by atoms with Gasteiger partial charge in [0, 0.05) is 11.2 Å². The van der Waals surface area contributed by atoms with Gasteiger partial charge in [-0.05, 0) is 44.4 Å². The van der Waals surface area contributed by atoms with Gasteiger partial charge in [0.2, 0.25) is 0 Å². The lowest BCUT2D eigenvalue weighted by molar-refractivity contribution is 0.103. The summed E-state index contributed by atoms with van der Waals surface area (Å²) in [6.07, 6.45) is -1.08. The quantitative estimate of drug-likeness (QED) is 0.887. The first-order chi connectivity index (χ1) is 10.3. The van der Waals surface area contributed by atoms with E-state index in [1.165, 1.54) is 16.2 Å². The van der Waals surface area contributed by atoms with Gasteiger partial charge in [-0.15, -0.1) is 11.3 Å². The molecule has 2 aromatic rings. The Hall–Kier alpha value is -2.34. The van der Waals surface area contributed by atoms with Crippen LogP contribution in [0.2, 0.25) is 0 Å². The van der Waals surface area contributed by atoms with E-state index >= 15 is 0 Å². The van der Waals surface area contributed by atoms with E-state index in [0.29, 0.717) is 16.3 Å². The highest BCUT2D eigenvalue weighted by atomic mass is 32.1. The minimum absolute atomic E-state index is 0.313. The molecule has 0 aliphatic carbocycles. The van der Waals surface area contributed by atoms with Crippen LogP contribution in [0.1, 0.15) is 30.4 Å². The first kappa shape index (κ1) is 16.0. The molecule has 0 aliphatic heterocycles. The first-order valence-corrected chi connectivity index (χ1v) is 7.65. The molecular weight excluding hydrogens is 300 g/mol. The smallest absolute Gasteiger partial charge is 0.412 e. The van der Waals surface area contributed by atoms with Crippen molar-refractivity contribution < 1.29 is 14.7 Å². The summed E-state index contributed by atoms with van der Waals surface area (Å²) in [7, 11) is 0. The van der Waals surface area contributed by atoms with Gasteiger partial charge >= 0.3 is 6.09 Å². The lowest BCUT2D eigenvalue weighted by Gasteiger charge is -2.33. The second-order valence-electron chi connectivity index (χ2n) is 5.74. The number of nitrogens with zero attached hydrogens (tertiary/aromatic N) is 1. The van der Waals surface area contributed by atoms with E-state index in [0.717, 1.165) is 0 Å². The summed E-state index contributed by atoms with van der Waals surface area (Å²) in [6.45, 7) is 5.37. The predicted octanol–water partition coefficient (Wildman–Crippen LogP) is 4.28. The standard InChI is InChI=1S/C16H18N2O3S/c1-16(2,3)18(15(20)21)12-9-10-22-13(12)14(19)17-11-7-5-4-6-8-11/h4-10H,1-3H3,(H,17,19)(H,20,21). The number of carbonyl (C=O) groups is 2. The fourth-order valence-electron chi connectivity index (χ4n) is 2.11. The highest BCUT2D eigenvalue weighted by Gasteiger charge is 2.31. The van der Waals surface area contributed by atoms with Crippen LogP contribution in [-0.2, 0) is 0 Å². The monoisotopic (exact) mass is 318 g/mol. The van der Waals surface area contributed by atoms with Crippen LogP contribution in [0.5, 0.6) is 0 Å². The second kappa shape index (κ2) is 6.19. The number of hydrogen-bond donors (Lipinski definition) is 2. The van der Waals surface area contributed by atoms with Crippen LogP contribution in [-0.4, -0.2) is 22.6 Å². The molecule has 1 aromatic carbocycles. The number of nitrogens with one attached hydrogen (secondary N) is 1. The van der Waals surface area contributed by atoms with E-state index in [-0.39, 0.29) is 5.91 Å². The number of thiophene rings is 1. The maximum atomic E-state index is 12.4. The minimum Gasteiger partial charge on any atom is -0.465 e. The van der Waals surface area contributed by atoms with Crippen molar-refractivity contribution in [2.75, 3.05) is 10.2 Å². The van der Waals surface area contributed by atoms with Crippen LogP contribution >= 0.6 is 11.3 Å². The zero-order chi connectivity index (χ0) is 16.3. The number of anilines is 2. The zero-order valence-electron chi connectivity index (χ0n) is 12.7. The minimum atomic E-state index is -1.08. The molecule has 0 bridgehead atoms. The zero-order valence-corrected chi connectivity index (χ0v) is 13.5. The third kappa shape index (κ3) is 3.46. The molecule has 0 radical (unpaired) electrons. The lowest BCUT2D eigenvalue weighted by atomic mass is 10.1. The van der Waals surface area contributed by atoms with Gasteiger partial charge in [-0.1, -0.05) is 18.2 Å². The molecule has 2 amide bonds. The van der Waals surface area contributed by atoms with Crippen molar-refractivity contribution in [3.05, 3.63) is 46.7 Å². The molecule has 0 spiro atoms. The van der Waals surface area contributed by atoms with Crippen molar-refractivity contribution in [1.82, 2.24) is 0 Å². The van der Waals surface area contributed by atoms with Crippen LogP contribution in [0.15, 0.2) is 41.8 Å². The Morgan fingerprint density at radius 1 is 1.14 bits per heavy atom. The van der Waals surface area contributed by atoms with Crippen molar-refractivity contribution in [2.24, 2.45) is 0 Å². The average Bonchev–Trinajstić information content (AvgIpc) is 2.86. The Bertz CT molecular complexity index is 674. The lowest BCUT2D eigenvalue weighted by Crippen LogP contribution is -2.45. The molecule has 0 aliphatic rings. The fraction of sp³-hybridized carbons (Fsp3) is 0.250. The maximum Gasteiger partial charge on any atom is 0.412 e. The average molecular weight is 318 g/mol. The molecule has 0 saturated carbocycles. The van der Waals surface area contributed by atoms with Gasteiger partial charge in [-0.25, -0.2) is 4.79 Å². The van der Waals surface area contributed by atoms with Gasteiger partial charge in [0.05, 0.1) is 5.69 Å². The molecule has 0 fully saturated rings. The molecule has 2 rings (SSSR count). The number of rotatable bonds is 3. The largest absolute Gasteiger partial charge is 0.465 e. The van der Waals surface area contributed by atoms with E-state index in [1.54, 1.807) is 44.4 Å². The highest BCUT2D eigenvalue weighted by molar-refractivity contribution is 7.12. The number of amides is 2. The van der Waals surface area contributed by atoms with Gasteiger partial charge in [-0.3, -0.25) is 9.69 Å². The molecule has 1 aromatic heterocycles. The van der Waals surface area contributed by atoms with Crippen molar-refractivity contribution in [3.63, 3.8) is 0 Å². The third-order valence-corrected chi connectivity index (χ3v) is 3.89. The van der Waals surface area contributed by atoms with Crippen LogP contribution in [0.3, 0.4) is 0 Å². The predicted molar refractivity (Wildman–Crippen MR) is 89.0 cm³/mol. The number of hydrogen-bond acceptors (Lipinski definition) is 3. The molecule has 116 valence electrons. The SMILES string of the molecule is CC(C)(C)N(C(=O)O)c1ccsc1C(=O)Nc1ccccc1. The Balaban J connectivity index is 2.32. The number of carboxylic acid groups (broad SMARTS) is 1. The molecular formula is C16H18N2O3S. The number of para-hydroxylation sites is 1. The molecule has 6 heteroatoms. The molecule has 0 unspecified atom stereocenters. The second-order valence-corrected chi connectivity index (χ2v) is 6.66. The van der Waals surface area contributed by atoms with Gasteiger partial charge in [0.25, 0.3) is 5.91 Å². The van der Waals surface area contributed by atoms with Crippen LogP contribution in [0.25, 0.3) is 0 Å². The van der Waals surface area contributed by atoms with Gasteiger partial charge in [-0.2, -0.15) is 0 Å². The van der Waals surface area contributed by atoms with Crippen molar-refractivity contribution in [1.29, 1.82) is 0 Å². The van der Waals surface area contributed by atoms with Gasteiger partial charge in [0.15, 0.2) is 0 Å².